The fraction of sp³-hybridized carbons (Fsp3) is 1.00. The Morgan fingerprint density at radius 2 is 2.20 bits per heavy atom. The molecule has 0 radical (unpaired) electrons. The van der Waals surface area contributed by atoms with E-state index >= 15 is 0 Å². The number of aliphatic hydroxyl groups excluding tert-OH is 1. The van der Waals surface area contributed by atoms with Crippen molar-refractivity contribution in [1.29, 1.82) is 0 Å². The second-order valence-corrected chi connectivity index (χ2v) is 3.30. The Kier molecular flexibility index (Phi) is 2.69. The molecule has 0 spiro atoms. The molecule has 1 rings (SSSR count). The summed E-state index contributed by atoms with van der Waals surface area (Å²) in [5.74, 6) is 0. The van der Waals surface area contributed by atoms with Crippen molar-refractivity contribution in [3.8, 4) is 0 Å². The first kappa shape index (κ1) is 8.02. The van der Waals surface area contributed by atoms with Crippen molar-refractivity contribution in [2.45, 2.75) is 51.3 Å². The van der Waals surface area contributed by atoms with Crippen LogP contribution in [0.15, 0.2) is 0 Å². The summed E-state index contributed by atoms with van der Waals surface area (Å²) in [5, 5.41) is 12.4. The fourth-order valence-corrected chi connectivity index (χ4v) is 1.24. The molecule has 0 aromatic rings. The molecule has 2 nitrogen and oxygen atoms in total. The molecule has 0 aromatic heterocycles. The summed E-state index contributed by atoms with van der Waals surface area (Å²) in [6.07, 6.45) is 3.04. The molecule has 0 heterocycles. The molecule has 1 aliphatic rings. The van der Waals surface area contributed by atoms with Gasteiger partial charge in [-0.15, -0.1) is 0 Å². The number of hydrogen-bond donors (Lipinski definition) is 2. The zero-order valence-corrected chi connectivity index (χ0v) is 6.80. The molecule has 0 aliphatic heterocycles. The van der Waals surface area contributed by atoms with Crippen molar-refractivity contribution in [2.24, 2.45) is 0 Å². The van der Waals surface area contributed by atoms with Crippen molar-refractivity contribution in [3.63, 3.8) is 0 Å². The fourth-order valence-electron chi connectivity index (χ4n) is 1.24. The Balaban J connectivity index is 2.04. The normalized spacial score (nSPS) is 35.1. The summed E-state index contributed by atoms with van der Waals surface area (Å²) in [6, 6.07) is 1.20. The first-order valence-electron chi connectivity index (χ1n) is 4.16. The van der Waals surface area contributed by atoms with Gasteiger partial charge in [-0.25, -0.2) is 0 Å². The Labute approximate surface area is 62.6 Å². The number of rotatable bonds is 3. The first-order chi connectivity index (χ1) is 4.72. The maximum atomic E-state index is 8.96. The largest absolute Gasteiger partial charge is 0.393 e. The smallest absolute Gasteiger partial charge is 0.0570 e. The molecule has 1 saturated carbocycles. The van der Waals surface area contributed by atoms with E-state index in [1.54, 1.807) is 0 Å². The third-order valence-corrected chi connectivity index (χ3v) is 2.25. The van der Waals surface area contributed by atoms with Crippen LogP contribution >= 0.6 is 0 Å². The summed E-state index contributed by atoms with van der Waals surface area (Å²) in [6.45, 7) is 4.36. The minimum Gasteiger partial charge on any atom is -0.393 e. The second kappa shape index (κ2) is 3.35. The minimum atomic E-state index is -0.0263. The molecule has 10 heavy (non-hydrogen) atoms. The van der Waals surface area contributed by atoms with Gasteiger partial charge in [-0.3, -0.25) is 0 Å². The van der Waals surface area contributed by atoms with Gasteiger partial charge in [-0.2, -0.15) is 0 Å². The maximum Gasteiger partial charge on any atom is 0.0570 e. The van der Waals surface area contributed by atoms with Crippen molar-refractivity contribution in [3.05, 3.63) is 0 Å². The average molecular weight is 143 g/mol. The molecule has 2 N–H and O–H groups in total. The van der Waals surface area contributed by atoms with Crippen LogP contribution in [0.1, 0.15) is 33.1 Å². The van der Waals surface area contributed by atoms with Crippen LogP contribution in [0.5, 0.6) is 0 Å². The van der Waals surface area contributed by atoms with E-state index in [-0.39, 0.29) is 6.10 Å². The quantitative estimate of drug-likeness (QED) is 0.615. The first-order valence-corrected chi connectivity index (χ1v) is 4.16. The van der Waals surface area contributed by atoms with Gasteiger partial charge in [0.2, 0.25) is 0 Å². The highest BCUT2D eigenvalue weighted by molar-refractivity contribution is 4.85. The molecule has 0 bridgehead atoms. The molecule has 1 atom stereocenters. The molecule has 60 valence electrons. The zero-order chi connectivity index (χ0) is 7.56. The van der Waals surface area contributed by atoms with E-state index < -0.39 is 0 Å². The lowest BCUT2D eigenvalue weighted by Crippen LogP contribution is -2.47. The second-order valence-electron chi connectivity index (χ2n) is 3.30. The van der Waals surface area contributed by atoms with Crippen LogP contribution in [0, 0.1) is 0 Å². The molecule has 1 fully saturated rings. The molecule has 0 amide bonds. The summed E-state index contributed by atoms with van der Waals surface area (Å²) in [5.41, 5.74) is 0. The minimum absolute atomic E-state index is 0.0263. The van der Waals surface area contributed by atoms with Crippen LogP contribution in [-0.2, 0) is 0 Å². The Bertz CT molecular complexity index is 99.4. The average Bonchev–Trinajstić information content (AvgIpc) is 1.84. The van der Waals surface area contributed by atoms with Gasteiger partial charge in [-0.1, -0.05) is 6.92 Å². The molecule has 0 aromatic carbocycles. The van der Waals surface area contributed by atoms with Gasteiger partial charge in [0.15, 0.2) is 0 Å². The molecule has 1 aliphatic carbocycles. The topological polar surface area (TPSA) is 32.3 Å². The summed E-state index contributed by atoms with van der Waals surface area (Å²) >= 11 is 0. The maximum absolute atomic E-state index is 8.96. The molecular formula is C8H17NO. The third-order valence-electron chi connectivity index (χ3n) is 2.25. The van der Waals surface area contributed by atoms with E-state index in [9.17, 15) is 0 Å². The van der Waals surface area contributed by atoms with Crippen molar-refractivity contribution in [2.75, 3.05) is 0 Å². The van der Waals surface area contributed by atoms with Gasteiger partial charge in [0.25, 0.3) is 0 Å². The van der Waals surface area contributed by atoms with Gasteiger partial charge >= 0.3 is 0 Å². The molecule has 2 heteroatoms. The van der Waals surface area contributed by atoms with Gasteiger partial charge < -0.3 is 10.4 Å². The summed E-state index contributed by atoms with van der Waals surface area (Å²) in [7, 11) is 0. The van der Waals surface area contributed by atoms with Gasteiger partial charge in [0.1, 0.15) is 0 Å². The number of nitrogens with one attached hydrogen (secondary N) is 1. The lowest BCUT2D eigenvalue weighted by Gasteiger charge is -2.34. The molecular weight excluding hydrogens is 126 g/mol. The van der Waals surface area contributed by atoms with Crippen molar-refractivity contribution < 1.29 is 5.11 Å². The Morgan fingerprint density at radius 3 is 2.60 bits per heavy atom. The van der Waals surface area contributed by atoms with E-state index in [0.717, 1.165) is 12.8 Å². The van der Waals surface area contributed by atoms with Crippen LogP contribution in [0.4, 0.5) is 0 Å². The highest BCUT2D eigenvalue weighted by Crippen LogP contribution is 2.19. The molecule has 1 unspecified atom stereocenters. The SMILES string of the molecule is CCC(C)NC1CC(O)C1. The van der Waals surface area contributed by atoms with Crippen LogP contribution in [-0.4, -0.2) is 23.3 Å². The van der Waals surface area contributed by atoms with E-state index in [2.05, 4.69) is 19.2 Å². The van der Waals surface area contributed by atoms with Crippen LogP contribution < -0.4 is 5.32 Å². The molecule has 0 saturated heterocycles. The van der Waals surface area contributed by atoms with Gasteiger partial charge in [0, 0.05) is 12.1 Å². The lowest BCUT2D eigenvalue weighted by atomic mass is 9.89. The number of hydrogen-bond acceptors (Lipinski definition) is 2. The highest BCUT2D eigenvalue weighted by Gasteiger charge is 2.27. The van der Waals surface area contributed by atoms with Crippen molar-refractivity contribution in [1.82, 2.24) is 5.32 Å². The number of aliphatic hydroxyl groups is 1. The van der Waals surface area contributed by atoms with Crippen molar-refractivity contribution >= 4 is 0 Å². The van der Waals surface area contributed by atoms with E-state index in [4.69, 9.17) is 5.11 Å². The Morgan fingerprint density at radius 1 is 1.60 bits per heavy atom. The van der Waals surface area contributed by atoms with Crippen LogP contribution in [0.25, 0.3) is 0 Å². The van der Waals surface area contributed by atoms with E-state index in [1.165, 1.54) is 6.42 Å². The van der Waals surface area contributed by atoms with Crippen LogP contribution in [0.3, 0.4) is 0 Å². The standard InChI is InChI=1S/C8H17NO/c1-3-6(2)9-7-4-8(10)5-7/h6-10H,3-5H2,1-2H3. The Hall–Kier alpha value is -0.0800. The highest BCUT2D eigenvalue weighted by atomic mass is 16.3. The van der Waals surface area contributed by atoms with E-state index in [1.807, 2.05) is 0 Å². The predicted octanol–water partition coefficient (Wildman–Crippen LogP) is 0.898. The van der Waals surface area contributed by atoms with Crippen LogP contribution in [0.2, 0.25) is 0 Å². The zero-order valence-electron chi connectivity index (χ0n) is 6.80. The lowest BCUT2D eigenvalue weighted by molar-refractivity contribution is 0.0584. The van der Waals surface area contributed by atoms with E-state index in [0.29, 0.717) is 12.1 Å². The monoisotopic (exact) mass is 143 g/mol. The summed E-state index contributed by atoms with van der Waals surface area (Å²) in [4.78, 5) is 0. The van der Waals surface area contributed by atoms with Gasteiger partial charge in [0.05, 0.1) is 6.10 Å². The van der Waals surface area contributed by atoms with Gasteiger partial charge in [-0.05, 0) is 26.2 Å². The predicted molar refractivity (Wildman–Crippen MR) is 41.9 cm³/mol. The summed E-state index contributed by atoms with van der Waals surface area (Å²) < 4.78 is 0. The third kappa shape index (κ3) is 1.96.